The molecule has 1 aromatic carbocycles. The summed E-state index contributed by atoms with van der Waals surface area (Å²) in [6.45, 7) is 6.66. The van der Waals surface area contributed by atoms with E-state index in [1.807, 2.05) is 51.2 Å². The Kier molecular flexibility index (Phi) is 4.00. The van der Waals surface area contributed by atoms with Crippen molar-refractivity contribution < 1.29 is 4.79 Å². The molecule has 0 aliphatic heterocycles. The second-order valence-corrected chi connectivity index (χ2v) is 4.93. The molecule has 0 saturated carbocycles. The van der Waals surface area contributed by atoms with E-state index in [1.54, 1.807) is 6.20 Å². The zero-order valence-corrected chi connectivity index (χ0v) is 11.6. The van der Waals surface area contributed by atoms with Gasteiger partial charge in [-0.15, -0.1) is 0 Å². The van der Waals surface area contributed by atoms with Crippen molar-refractivity contribution in [3.05, 3.63) is 53.6 Å². The summed E-state index contributed by atoms with van der Waals surface area (Å²) in [5.41, 5.74) is 1.85. The van der Waals surface area contributed by atoms with E-state index in [1.165, 1.54) is 0 Å². The van der Waals surface area contributed by atoms with E-state index in [0.29, 0.717) is 5.56 Å². The fourth-order valence-electron chi connectivity index (χ4n) is 1.87. The number of hydrogen-bond donors (Lipinski definition) is 1. The van der Waals surface area contributed by atoms with Crippen LogP contribution in [0.1, 0.15) is 35.6 Å². The maximum absolute atomic E-state index is 11.8. The molecule has 0 saturated heterocycles. The lowest BCUT2D eigenvalue weighted by molar-refractivity contribution is 0.0943. The first-order chi connectivity index (χ1) is 9.06. The van der Waals surface area contributed by atoms with Gasteiger partial charge in [0.15, 0.2) is 0 Å². The highest BCUT2D eigenvalue weighted by Crippen LogP contribution is 2.08. The maximum Gasteiger partial charge on any atom is 0.251 e. The molecule has 100 valence electrons. The lowest BCUT2D eigenvalue weighted by Gasteiger charge is -2.09. The fourth-order valence-corrected chi connectivity index (χ4v) is 1.87. The normalized spacial score (nSPS) is 10.7. The molecule has 0 fully saturated rings. The van der Waals surface area contributed by atoms with E-state index in [9.17, 15) is 4.79 Å². The van der Waals surface area contributed by atoms with Gasteiger partial charge in [0.2, 0.25) is 0 Å². The summed E-state index contributed by atoms with van der Waals surface area (Å²) in [5.74, 6) is 0.960. The van der Waals surface area contributed by atoms with Gasteiger partial charge in [0.1, 0.15) is 5.82 Å². The number of aromatic nitrogens is 2. The van der Waals surface area contributed by atoms with E-state index in [2.05, 4.69) is 14.9 Å². The largest absolute Gasteiger partial charge is 0.350 e. The summed E-state index contributed by atoms with van der Waals surface area (Å²) in [7, 11) is 0. The minimum atomic E-state index is -0.0274. The monoisotopic (exact) mass is 257 g/mol. The van der Waals surface area contributed by atoms with Crippen LogP contribution in [0.25, 0.3) is 0 Å². The molecule has 2 rings (SSSR count). The molecule has 1 aromatic heterocycles. The number of aryl methyl sites for hydroxylation is 1. The molecule has 4 nitrogen and oxygen atoms in total. The summed E-state index contributed by atoms with van der Waals surface area (Å²) >= 11 is 0. The first kappa shape index (κ1) is 13.3. The molecule has 1 amide bonds. The number of carbonyl (C=O) groups excluding carboxylic acids is 1. The van der Waals surface area contributed by atoms with Gasteiger partial charge in [0.05, 0.1) is 0 Å². The van der Waals surface area contributed by atoms with Gasteiger partial charge in [-0.25, -0.2) is 4.98 Å². The van der Waals surface area contributed by atoms with Crippen molar-refractivity contribution in [1.82, 2.24) is 14.9 Å². The molecule has 0 atom stereocenters. The Morgan fingerprint density at radius 2 is 2.00 bits per heavy atom. The number of nitrogens with zero attached hydrogens (tertiary/aromatic N) is 2. The number of rotatable bonds is 4. The first-order valence-corrected chi connectivity index (χ1v) is 6.44. The number of carbonyl (C=O) groups is 1. The van der Waals surface area contributed by atoms with E-state index in [-0.39, 0.29) is 11.9 Å². The van der Waals surface area contributed by atoms with Gasteiger partial charge in [0.25, 0.3) is 5.91 Å². The quantitative estimate of drug-likeness (QED) is 0.914. The van der Waals surface area contributed by atoms with Crippen molar-refractivity contribution in [1.29, 1.82) is 0 Å². The molecule has 0 bridgehead atoms. The number of amides is 1. The van der Waals surface area contributed by atoms with Crippen LogP contribution < -0.4 is 5.32 Å². The van der Waals surface area contributed by atoms with Gasteiger partial charge in [-0.2, -0.15) is 0 Å². The van der Waals surface area contributed by atoms with Gasteiger partial charge in [-0.3, -0.25) is 4.79 Å². The van der Waals surface area contributed by atoms with E-state index in [0.717, 1.165) is 17.9 Å². The predicted molar refractivity (Wildman–Crippen MR) is 75.1 cm³/mol. The molecule has 2 aromatic rings. The highest BCUT2D eigenvalue weighted by molar-refractivity contribution is 5.94. The highest BCUT2D eigenvalue weighted by Gasteiger charge is 2.06. The smallest absolute Gasteiger partial charge is 0.251 e. The van der Waals surface area contributed by atoms with Crippen LogP contribution >= 0.6 is 0 Å². The van der Waals surface area contributed by atoms with Crippen LogP contribution in [0.3, 0.4) is 0 Å². The van der Waals surface area contributed by atoms with Crippen LogP contribution in [-0.2, 0) is 6.54 Å². The van der Waals surface area contributed by atoms with Crippen LogP contribution in [0.4, 0.5) is 0 Å². The molecule has 1 heterocycles. The van der Waals surface area contributed by atoms with Crippen molar-refractivity contribution in [3.63, 3.8) is 0 Å². The molecule has 0 spiro atoms. The average Bonchev–Trinajstić information content (AvgIpc) is 2.75. The van der Waals surface area contributed by atoms with Crippen molar-refractivity contribution >= 4 is 5.91 Å². The van der Waals surface area contributed by atoms with Crippen LogP contribution in [0, 0.1) is 6.92 Å². The summed E-state index contributed by atoms with van der Waals surface area (Å²) in [4.78, 5) is 16.0. The average molecular weight is 257 g/mol. The lowest BCUT2D eigenvalue weighted by Crippen LogP contribution is -2.29. The molecule has 0 aliphatic rings. The molecule has 0 radical (unpaired) electrons. The van der Waals surface area contributed by atoms with Crippen LogP contribution in [0.15, 0.2) is 36.7 Å². The third-order valence-corrected chi connectivity index (χ3v) is 2.91. The minimum absolute atomic E-state index is 0.0274. The SMILES string of the molecule is Cc1nccn1Cc1ccc(C(=O)NC(C)C)cc1. The number of hydrogen-bond acceptors (Lipinski definition) is 2. The van der Waals surface area contributed by atoms with E-state index >= 15 is 0 Å². The summed E-state index contributed by atoms with van der Waals surface area (Å²) < 4.78 is 2.07. The fraction of sp³-hybridized carbons (Fsp3) is 0.333. The van der Waals surface area contributed by atoms with Gasteiger partial charge >= 0.3 is 0 Å². The lowest BCUT2D eigenvalue weighted by atomic mass is 10.1. The zero-order chi connectivity index (χ0) is 13.8. The Morgan fingerprint density at radius 3 is 2.53 bits per heavy atom. The summed E-state index contributed by atoms with van der Waals surface area (Å²) in [5, 5.41) is 2.88. The van der Waals surface area contributed by atoms with E-state index < -0.39 is 0 Å². The molecular weight excluding hydrogens is 238 g/mol. The molecule has 0 unspecified atom stereocenters. The van der Waals surface area contributed by atoms with Crippen molar-refractivity contribution in [2.45, 2.75) is 33.4 Å². The van der Waals surface area contributed by atoms with Crippen LogP contribution in [0.2, 0.25) is 0 Å². The molecule has 0 aliphatic carbocycles. The van der Waals surface area contributed by atoms with Crippen molar-refractivity contribution in [2.24, 2.45) is 0 Å². The van der Waals surface area contributed by atoms with E-state index in [4.69, 9.17) is 0 Å². The van der Waals surface area contributed by atoms with Gasteiger partial charge in [0, 0.05) is 30.5 Å². The maximum atomic E-state index is 11.8. The van der Waals surface area contributed by atoms with Crippen molar-refractivity contribution in [3.8, 4) is 0 Å². The third kappa shape index (κ3) is 3.44. The molecule has 19 heavy (non-hydrogen) atoms. The van der Waals surface area contributed by atoms with Crippen molar-refractivity contribution in [2.75, 3.05) is 0 Å². The topological polar surface area (TPSA) is 46.9 Å². The second-order valence-electron chi connectivity index (χ2n) is 4.93. The standard InChI is InChI=1S/C15H19N3O/c1-11(2)17-15(19)14-6-4-13(5-7-14)10-18-9-8-16-12(18)3/h4-9,11H,10H2,1-3H3,(H,17,19). The Morgan fingerprint density at radius 1 is 1.32 bits per heavy atom. The third-order valence-electron chi connectivity index (χ3n) is 2.91. The zero-order valence-electron chi connectivity index (χ0n) is 11.6. The Labute approximate surface area is 113 Å². The van der Waals surface area contributed by atoms with Gasteiger partial charge < -0.3 is 9.88 Å². The summed E-state index contributed by atoms with van der Waals surface area (Å²) in [6.07, 6.45) is 3.74. The molecule has 4 heteroatoms. The Balaban J connectivity index is 2.06. The van der Waals surface area contributed by atoms with Crippen LogP contribution in [-0.4, -0.2) is 21.5 Å². The predicted octanol–water partition coefficient (Wildman–Crippen LogP) is 2.38. The molecular formula is C15H19N3O. The second kappa shape index (κ2) is 5.69. The van der Waals surface area contributed by atoms with Crippen LogP contribution in [0.5, 0.6) is 0 Å². The minimum Gasteiger partial charge on any atom is -0.350 e. The molecule has 1 N–H and O–H groups in total. The number of nitrogens with one attached hydrogen (secondary N) is 1. The van der Waals surface area contributed by atoms with Gasteiger partial charge in [-0.05, 0) is 38.5 Å². The Hall–Kier alpha value is -2.10. The number of benzene rings is 1. The Bertz CT molecular complexity index is 555. The number of imidazole rings is 1. The first-order valence-electron chi connectivity index (χ1n) is 6.44. The highest BCUT2D eigenvalue weighted by atomic mass is 16.1. The van der Waals surface area contributed by atoms with Gasteiger partial charge in [-0.1, -0.05) is 12.1 Å². The summed E-state index contributed by atoms with van der Waals surface area (Å²) in [6, 6.07) is 7.84.